The highest BCUT2D eigenvalue weighted by atomic mass is 79.9. The van der Waals surface area contributed by atoms with Gasteiger partial charge in [-0.1, -0.05) is 18.7 Å². The van der Waals surface area contributed by atoms with E-state index in [0.29, 0.717) is 21.5 Å². The fraction of sp³-hybridized carbons (Fsp3) is 0.429. The molecule has 2 aromatic heterocycles. The Labute approximate surface area is 123 Å². The van der Waals surface area contributed by atoms with Gasteiger partial charge in [-0.15, -0.1) is 0 Å². The van der Waals surface area contributed by atoms with E-state index in [1.807, 2.05) is 13.0 Å². The quantitative estimate of drug-likeness (QED) is 0.619. The number of nitrogens with zero attached hydrogens (tertiary/aromatic N) is 1. The van der Waals surface area contributed by atoms with Gasteiger partial charge in [-0.25, -0.2) is 4.98 Å². The second kappa shape index (κ2) is 4.94. The van der Waals surface area contributed by atoms with Gasteiger partial charge in [-0.05, 0) is 53.4 Å². The lowest BCUT2D eigenvalue weighted by Gasteiger charge is -2.09. The summed E-state index contributed by atoms with van der Waals surface area (Å²) in [5.74, 6) is 1.28. The molecule has 0 atom stereocenters. The van der Waals surface area contributed by atoms with Crippen LogP contribution in [-0.2, 0) is 0 Å². The summed E-state index contributed by atoms with van der Waals surface area (Å²) in [4.78, 5) is 17.0. The van der Waals surface area contributed by atoms with Crippen LogP contribution in [0, 0.1) is 6.92 Å². The van der Waals surface area contributed by atoms with Gasteiger partial charge < -0.3 is 4.42 Å². The van der Waals surface area contributed by atoms with E-state index in [1.54, 1.807) is 11.8 Å². The molecule has 3 nitrogen and oxygen atoms in total. The van der Waals surface area contributed by atoms with Gasteiger partial charge in [0, 0.05) is 5.69 Å². The molecule has 0 spiro atoms. The molecule has 0 bridgehead atoms. The summed E-state index contributed by atoms with van der Waals surface area (Å²) in [5.41, 5.74) is 2.38. The zero-order chi connectivity index (χ0) is 13.6. The van der Waals surface area contributed by atoms with Crippen molar-refractivity contribution in [2.75, 3.05) is 5.75 Å². The second-order valence-corrected chi connectivity index (χ2v) is 6.76. The molecule has 2 aromatic rings. The molecule has 0 radical (unpaired) electrons. The minimum Gasteiger partial charge on any atom is -0.446 e. The number of fused-ring (bicyclic) bond motifs is 1. The number of pyridine rings is 1. The third-order valence-electron chi connectivity index (χ3n) is 3.22. The molecule has 0 amide bonds. The molecule has 0 N–H and O–H groups in total. The van der Waals surface area contributed by atoms with Crippen LogP contribution >= 0.6 is 27.7 Å². The fourth-order valence-electron chi connectivity index (χ4n) is 2.24. The van der Waals surface area contributed by atoms with Gasteiger partial charge in [0.1, 0.15) is 4.60 Å². The van der Waals surface area contributed by atoms with Gasteiger partial charge in [0.2, 0.25) is 0 Å². The Morgan fingerprint density at radius 1 is 1.53 bits per heavy atom. The number of aryl methyl sites for hydroxylation is 1. The summed E-state index contributed by atoms with van der Waals surface area (Å²) in [7, 11) is 0. The maximum atomic E-state index is 12.7. The number of thioether (sulfide) groups is 1. The predicted molar refractivity (Wildman–Crippen MR) is 81.1 cm³/mol. The smallest absolute Gasteiger partial charge is 0.197 e. The third-order valence-corrected chi connectivity index (χ3v) is 4.62. The molecule has 0 aromatic carbocycles. The maximum absolute atomic E-state index is 12.7. The van der Waals surface area contributed by atoms with Crippen molar-refractivity contribution in [1.29, 1.82) is 0 Å². The molecule has 1 aliphatic carbocycles. The highest BCUT2D eigenvalue weighted by Gasteiger charge is 2.31. The van der Waals surface area contributed by atoms with Crippen molar-refractivity contribution in [3.63, 3.8) is 0 Å². The summed E-state index contributed by atoms with van der Waals surface area (Å²) < 4.78 is 6.57. The highest BCUT2D eigenvalue weighted by molar-refractivity contribution is 9.10. The van der Waals surface area contributed by atoms with Crippen LogP contribution in [0.15, 0.2) is 25.0 Å². The molecule has 100 valence electrons. The molecular formula is C14H14BrNO2S. The first kappa shape index (κ1) is 13.2. The molecule has 19 heavy (non-hydrogen) atoms. The van der Waals surface area contributed by atoms with E-state index in [-0.39, 0.29) is 5.43 Å². The van der Waals surface area contributed by atoms with Crippen LogP contribution in [0.1, 0.15) is 36.9 Å². The number of hydrogen-bond acceptors (Lipinski definition) is 4. The van der Waals surface area contributed by atoms with Crippen LogP contribution in [0.3, 0.4) is 0 Å². The summed E-state index contributed by atoms with van der Waals surface area (Å²) in [6.07, 6.45) is 2.19. The van der Waals surface area contributed by atoms with Crippen molar-refractivity contribution < 1.29 is 4.42 Å². The number of rotatable bonds is 3. The van der Waals surface area contributed by atoms with E-state index in [4.69, 9.17) is 4.42 Å². The van der Waals surface area contributed by atoms with E-state index in [1.165, 1.54) is 0 Å². The van der Waals surface area contributed by atoms with E-state index < -0.39 is 0 Å². The molecule has 0 saturated heterocycles. The summed E-state index contributed by atoms with van der Waals surface area (Å²) in [5, 5.41) is 1.41. The first-order valence-corrected chi connectivity index (χ1v) is 8.16. The topological polar surface area (TPSA) is 43.1 Å². The monoisotopic (exact) mass is 339 g/mol. The zero-order valence-corrected chi connectivity index (χ0v) is 13.2. The van der Waals surface area contributed by atoms with Crippen molar-refractivity contribution in [2.45, 2.75) is 37.7 Å². The molecule has 5 heteroatoms. The summed E-state index contributed by atoms with van der Waals surface area (Å²) in [6.45, 7) is 3.95. The fourth-order valence-corrected chi connectivity index (χ4v) is 3.63. The lowest BCUT2D eigenvalue weighted by atomic mass is 10.1. The van der Waals surface area contributed by atoms with Gasteiger partial charge in [-0.3, -0.25) is 4.79 Å². The molecule has 1 fully saturated rings. The van der Waals surface area contributed by atoms with Crippen molar-refractivity contribution >= 4 is 38.7 Å². The highest BCUT2D eigenvalue weighted by Crippen LogP contribution is 2.43. The third kappa shape index (κ3) is 2.34. The average Bonchev–Trinajstić information content (AvgIpc) is 3.16. The molecular weight excluding hydrogens is 326 g/mol. The van der Waals surface area contributed by atoms with Crippen LogP contribution in [0.25, 0.3) is 11.0 Å². The second-order valence-electron chi connectivity index (χ2n) is 4.77. The van der Waals surface area contributed by atoms with Crippen LogP contribution < -0.4 is 5.43 Å². The standard InChI is InChI=1S/C14H14BrNO2S/c1-3-19-14-10(8-4-5-8)11(17)9-6-7(2)16-13(15)12(9)18-14/h6,8H,3-5H2,1-2H3. The first-order chi connectivity index (χ1) is 9.11. The van der Waals surface area contributed by atoms with Crippen molar-refractivity contribution in [1.82, 2.24) is 4.98 Å². The van der Waals surface area contributed by atoms with E-state index in [0.717, 1.165) is 34.9 Å². The molecule has 2 heterocycles. The molecule has 1 saturated carbocycles. The number of halogens is 1. The zero-order valence-electron chi connectivity index (χ0n) is 10.8. The normalized spacial score (nSPS) is 15.1. The summed E-state index contributed by atoms with van der Waals surface area (Å²) >= 11 is 4.99. The number of aromatic nitrogens is 1. The van der Waals surface area contributed by atoms with E-state index in [9.17, 15) is 4.79 Å². The Kier molecular flexibility index (Phi) is 3.43. The SMILES string of the molecule is CCSc1oc2c(Br)nc(C)cc2c(=O)c1C1CC1. The molecule has 0 aliphatic heterocycles. The molecule has 3 rings (SSSR count). The van der Waals surface area contributed by atoms with Crippen molar-refractivity contribution in [3.05, 3.63) is 32.2 Å². The van der Waals surface area contributed by atoms with Crippen LogP contribution in [-0.4, -0.2) is 10.7 Å². The lowest BCUT2D eigenvalue weighted by Crippen LogP contribution is -2.11. The Hall–Kier alpha value is -0.810. The van der Waals surface area contributed by atoms with Crippen LogP contribution in [0.5, 0.6) is 0 Å². The van der Waals surface area contributed by atoms with Crippen molar-refractivity contribution in [3.8, 4) is 0 Å². The van der Waals surface area contributed by atoms with Gasteiger partial charge in [0.15, 0.2) is 16.1 Å². The Morgan fingerprint density at radius 2 is 2.26 bits per heavy atom. The largest absolute Gasteiger partial charge is 0.446 e. The Balaban J connectivity index is 2.36. The van der Waals surface area contributed by atoms with Gasteiger partial charge >= 0.3 is 0 Å². The lowest BCUT2D eigenvalue weighted by molar-refractivity contribution is 0.484. The Morgan fingerprint density at radius 3 is 2.89 bits per heavy atom. The molecule has 0 unspecified atom stereocenters. The van der Waals surface area contributed by atoms with Crippen molar-refractivity contribution in [2.24, 2.45) is 0 Å². The Bertz CT molecular complexity index is 707. The van der Waals surface area contributed by atoms with Crippen LogP contribution in [0.2, 0.25) is 0 Å². The molecule has 1 aliphatic rings. The maximum Gasteiger partial charge on any atom is 0.197 e. The van der Waals surface area contributed by atoms with E-state index in [2.05, 4.69) is 27.8 Å². The predicted octanol–water partition coefficient (Wildman–Crippen LogP) is 4.25. The van der Waals surface area contributed by atoms with Gasteiger partial charge in [0.05, 0.1) is 10.9 Å². The minimum absolute atomic E-state index is 0.117. The summed E-state index contributed by atoms with van der Waals surface area (Å²) in [6, 6.07) is 1.82. The van der Waals surface area contributed by atoms with E-state index >= 15 is 0 Å². The van der Waals surface area contributed by atoms with Crippen LogP contribution in [0.4, 0.5) is 0 Å². The van der Waals surface area contributed by atoms with Gasteiger partial charge in [0.25, 0.3) is 0 Å². The average molecular weight is 340 g/mol. The van der Waals surface area contributed by atoms with Gasteiger partial charge in [-0.2, -0.15) is 0 Å². The first-order valence-electron chi connectivity index (χ1n) is 6.38. The number of hydrogen-bond donors (Lipinski definition) is 0. The minimum atomic E-state index is 0.117.